The molecular weight excluding hydrogens is 462 g/mol. The van der Waals surface area contributed by atoms with Crippen molar-refractivity contribution in [3.05, 3.63) is 71.0 Å². The summed E-state index contributed by atoms with van der Waals surface area (Å²) in [5.74, 6) is 0. The highest BCUT2D eigenvalue weighted by atomic mass is 79.9. The highest BCUT2D eigenvalue weighted by molar-refractivity contribution is 9.10. The van der Waals surface area contributed by atoms with Crippen LogP contribution in [0.4, 0.5) is 0 Å². The molecule has 3 rings (SSSR count). The van der Waals surface area contributed by atoms with Crippen molar-refractivity contribution in [3.63, 3.8) is 0 Å². The Morgan fingerprint density at radius 1 is 1.07 bits per heavy atom. The molecule has 0 bridgehead atoms. The van der Waals surface area contributed by atoms with Gasteiger partial charge in [-0.15, -0.1) is 12.4 Å². The molecule has 0 aliphatic heterocycles. The summed E-state index contributed by atoms with van der Waals surface area (Å²) in [6.07, 6.45) is 4.27. The molecule has 1 aromatic heterocycles. The number of fused-ring (bicyclic) bond motifs is 1. The lowest BCUT2D eigenvalue weighted by Gasteiger charge is -2.15. The van der Waals surface area contributed by atoms with Crippen molar-refractivity contribution < 1.29 is 8.42 Å². The molecule has 150 valence electrons. The number of hydrogen-bond donors (Lipinski definition) is 2. The average Bonchev–Trinajstić information content (AvgIpc) is 2.66. The van der Waals surface area contributed by atoms with E-state index < -0.39 is 10.0 Å². The smallest absolute Gasteiger partial charge is 0.240 e. The van der Waals surface area contributed by atoms with Crippen LogP contribution in [0.2, 0.25) is 0 Å². The highest BCUT2D eigenvalue weighted by Gasteiger charge is 2.17. The maximum atomic E-state index is 12.6. The molecular formula is C20H23BrClN3O2S. The molecule has 0 amide bonds. The lowest BCUT2D eigenvalue weighted by molar-refractivity contribution is 0.537. The van der Waals surface area contributed by atoms with E-state index in [0.29, 0.717) is 6.54 Å². The van der Waals surface area contributed by atoms with Crippen molar-refractivity contribution >= 4 is 49.1 Å². The van der Waals surface area contributed by atoms with Crippen molar-refractivity contribution in [2.45, 2.75) is 24.3 Å². The fourth-order valence-electron chi connectivity index (χ4n) is 2.81. The topological polar surface area (TPSA) is 71.1 Å². The van der Waals surface area contributed by atoms with E-state index in [0.717, 1.165) is 28.2 Å². The second kappa shape index (κ2) is 10.3. The summed E-state index contributed by atoms with van der Waals surface area (Å²) >= 11 is 3.42. The molecule has 0 fully saturated rings. The molecule has 0 saturated heterocycles. The number of hydrogen-bond acceptors (Lipinski definition) is 4. The van der Waals surface area contributed by atoms with Gasteiger partial charge in [-0.3, -0.25) is 4.98 Å². The minimum absolute atomic E-state index is 0. The third kappa shape index (κ3) is 6.25. The number of nitrogens with one attached hydrogen (secondary N) is 2. The van der Waals surface area contributed by atoms with E-state index in [-0.39, 0.29) is 23.3 Å². The van der Waals surface area contributed by atoms with Gasteiger partial charge in [0.2, 0.25) is 10.0 Å². The van der Waals surface area contributed by atoms with E-state index in [2.05, 4.69) is 43.1 Å². The third-order valence-electron chi connectivity index (χ3n) is 4.23. The molecule has 0 aliphatic carbocycles. The van der Waals surface area contributed by atoms with Gasteiger partial charge < -0.3 is 5.32 Å². The van der Waals surface area contributed by atoms with Gasteiger partial charge in [0, 0.05) is 34.8 Å². The third-order valence-corrected chi connectivity index (χ3v) is 6.35. The number of rotatable bonds is 8. The van der Waals surface area contributed by atoms with Crippen LogP contribution in [-0.2, 0) is 16.4 Å². The lowest BCUT2D eigenvalue weighted by atomic mass is 10.1. The Bertz CT molecular complexity index is 1010. The lowest BCUT2D eigenvalue weighted by Crippen LogP contribution is -2.40. The molecule has 0 aliphatic rings. The van der Waals surface area contributed by atoms with Gasteiger partial charge in [0.15, 0.2) is 0 Å². The second-order valence-corrected chi connectivity index (χ2v) is 9.12. The highest BCUT2D eigenvalue weighted by Crippen LogP contribution is 2.18. The van der Waals surface area contributed by atoms with E-state index in [4.69, 9.17) is 0 Å². The van der Waals surface area contributed by atoms with E-state index in [9.17, 15) is 8.42 Å². The Balaban J connectivity index is 0.00000280. The Labute approximate surface area is 180 Å². The van der Waals surface area contributed by atoms with Gasteiger partial charge in [-0.1, -0.05) is 34.1 Å². The van der Waals surface area contributed by atoms with Gasteiger partial charge in [-0.25, -0.2) is 13.1 Å². The quantitative estimate of drug-likeness (QED) is 0.476. The molecule has 3 aromatic rings. The van der Waals surface area contributed by atoms with Crippen molar-refractivity contribution in [3.8, 4) is 0 Å². The monoisotopic (exact) mass is 483 g/mol. The van der Waals surface area contributed by atoms with E-state index in [1.807, 2.05) is 25.1 Å². The van der Waals surface area contributed by atoms with Crippen molar-refractivity contribution in [2.75, 3.05) is 13.1 Å². The van der Waals surface area contributed by atoms with Crippen molar-refractivity contribution in [2.24, 2.45) is 0 Å². The number of sulfonamides is 1. The molecule has 0 spiro atoms. The second-order valence-electron chi connectivity index (χ2n) is 6.49. The maximum Gasteiger partial charge on any atom is 0.240 e. The van der Waals surface area contributed by atoms with E-state index in [1.54, 1.807) is 30.6 Å². The van der Waals surface area contributed by atoms with Crippen LogP contribution in [0.25, 0.3) is 10.8 Å². The summed E-state index contributed by atoms with van der Waals surface area (Å²) in [7, 11) is -3.56. The summed E-state index contributed by atoms with van der Waals surface area (Å²) in [5.41, 5.74) is 1.24. The standard InChI is InChI=1S/C20H22BrN3O2S.ClH/c1-15(13-22-10-8-16-2-5-19(21)6-3-16)24-27(25,26)20-7-4-18-14-23-11-9-17(18)12-20;/h2-7,9,11-12,14-15,22,24H,8,10,13H2,1H3;1H/t15-;/m1./s1. The average molecular weight is 485 g/mol. The summed E-state index contributed by atoms with van der Waals surface area (Å²) < 4.78 is 29.0. The molecule has 8 heteroatoms. The van der Waals surface area contributed by atoms with Crippen LogP contribution >= 0.6 is 28.3 Å². The van der Waals surface area contributed by atoms with Crippen LogP contribution in [0.1, 0.15) is 12.5 Å². The zero-order valence-electron chi connectivity index (χ0n) is 15.4. The summed E-state index contributed by atoms with van der Waals surface area (Å²) in [6, 6.07) is 14.8. The molecule has 0 unspecified atom stereocenters. The molecule has 0 radical (unpaired) electrons. The first-order valence-electron chi connectivity index (χ1n) is 8.75. The zero-order chi connectivity index (χ0) is 19.3. The first kappa shape index (κ1) is 22.8. The predicted octanol–water partition coefficient (Wildman–Crippen LogP) is 3.92. The maximum absolute atomic E-state index is 12.6. The van der Waals surface area contributed by atoms with Gasteiger partial charge in [-0.05, 0) is 61.2 Å². The number of pyridine rings is 1. The molecule has 1 heterocycles. The number of benzene rings is 2. The first-order valence-corrected chi connectivity index (χ1v) is 11.0. The number of halogens is 2. The molecule has 2 aromatic carbocycles. The van der Waals surface area contributed by atoms with E-state index in [1.165, 1.54) is 5.56 Å². The van der Waals surface area contributed by atoms with E-state index >= 15 is 0 Å². The normalized spacial score (nSPS) is 12.5. The Morgan fingerprint density at radius 2 is 1.82 bits per heavy atom. The van der Waals surface area contributed by atoms with Gasteiger partial charge in [0.05, 0.1) is 4.90 Å². The fourth-order valence-corrected chi connectivity index (χ4v) is 4.35. The van der Waals surface area contributed by atoms with Gasteiger partial charge >= 0.3 is 0 Å². The van der Waals surface area contributed by atoms with Crippen LogP contribution in [-0.4, -0.2) is 32.5 Å². The first-order chi connectivity index (χ1) is 12.9. The minimum atomic E-state index is -3.56. The predicted molar refractivity (Wildman–Crippen MR) is 119 cm³/mol. The molecule has 2 N–H and O–H groups in total. The van der Waals surface area contributed by atoms with Crippen molar-refractivity contribution in [1.82, 2.24) is 15.0 Å². The van der Waals surface area contributed by atoms with Gasteiger partial charge in [-0.2, -0.15) is 0 Å². The largest absolute Gasteiger partial charge is 0.315 e. The molecule has 1 atom stereocenters. The Hall–Kier alpha value is -1.51. The number of nitrogens with zero attached hydrogens (tertiary/aromatic N) is 1. The molecule has 0 saturated carbocycles. The van der Waals surface area contributed by atoms with Crippen molar-refractivity contribution in [1.29, 1.82) is 0 Å². The fraction of sp³-hybridized carbons (Fsp3) is 0.250. The SMILES string of the molecule is C[C@H](CNCCc1ccc(Br)cc1)NS(=O)(=O)c1ccc2cnccc2c1.Cl. The summed E-state index contributed by atoms with van der Waals surface area (Å²) in [6.45, 7) is 3.21. The van der Waals surface area contributed by atoms with Gasteiger partial charge in [0.25, 0.3) is 0 Å². The van der Waals surface area contributed by atoms with Crippen LogP contribution in [0.3, 0.4) is 0 Å². The summed E-state index contributed by atoms with van der Waals surface area (Å²) in [5, 5.41) is 5.08. The van der Waals surface area contributed by atoms with Crippen LogP contribution in [0.5, 0.6) is 0 Å². The molecule has 28 heavy (non-hydrogen) atoms. The van der Waals surface area contributed by atoms with Crippen LogP contribution in [0.15, 0.2) is 70.3 Å². The van der Waals surface area contributed by atoms with Gasteiger partial charge in [0.1, 0.15) is 0 Å². The zero-order valence-corrected chi connectivity index (χ0v) is 18.6. The van der Waals surface area contributed by atoms with Crippen LogP contribution in [0, 0.1) is 0 Å². The minimum Gasteiger partial charge on any atom is -0.315 e. The molecule has 5 nitrogen and oxygen atoms in total. The Morgan fingerprint density at radius 3 is 2.57 bits per heavy atom. The number of aromatic nitrogens is 1. The van der Waals surface area contributed by atoms with Crippen LogP contribution < -0.4 is 10.0 Å². The summed E-state index contributed by atoms with van der Waals surface area (Å²) in [4.78, 5) is 4.31. The Kier molecular flexibility index (Phi) is 8.39.